The highest BCUT2D eigenvalue weighted by molar-refractivity contribution is 7.80. The quantitative estimate of drug-likeness (QED) is 0.518. The van der Waals surface area contributed by atoms with Crippen molar-refractivity contribution in [2.24, 2.45) is 0 Å². The largest absolute Gasteiger partial charge is 0.391 e. The molecule has 0 N–H and O–H groups in total. The van der Waals surface area contributed by atoms with Crippen LogP contribution in [-0.2, 0) is 4.18 Å². The van der Waals surface area contributed by atoms with E-state index in [4.69, 9.17) is 0 Å². The highest BCUT2D eigenvalue weighted by Crippen LogP contribution is 2.13. The molecule has 0 heterocycles. The minimum atomic E-state index is -0.487. The topological polar surface area (TPSA) is 26.3 Å². The fourth-order valence-corrected chi connectivity index (χ4v) is 1.05. The second-order valence-corrected chi connectivity index (χ2v) is 2.56. The van der Waals surface area contributed by atoms with E-state index in [1.165, 1.54) is 0 Å². The van der Waals surface area contributed by atoms with Gasteiger partial charge in [0.2, 0.25) is 0 Å². The van der Waals surface area contributed by atoms with Crippen molar-refractivity contribution in [2.45, 2.75) is 4.90 Å². The minimum Gasteiger partial charge on any atom is -0.391 e. The van der Waals surface area contributed by atoms with E-state index in [2.05, 4.69) is 29.7 Å². The zero-order valence-corrected chi connectivity index (χ0v) is 7.31. The van der Waals surface area contributed by atoms with Gasteiger partial charge in [-0.3, -0.25) is 0 Å². The molecule has 0 amide bonds. The van der Waals surface area contributed by atoms with E-state index in [0.717, 1.165) is 0 Å². The highest BCUT2D eigenvalue weighted by Gasteiger charge is 2.07. The number of carbonyl (C=O) groups excluding carboxylic acids is 1. The Bertz CT molecular complexity index is 273. The van der Waals surface area contributed by atoms with Crippen molar-refractivity contribution in [1.82, 2.24) is 0 Å². The van der Waals surface area contributed by atoms with Gasteiger partial charge in [0, 0.05) is 17.8 Å². The van der Waals surface area contributed by atoms with Gasteiger partial charge in [-0.25, -0.2) is 4.79 Å². The van der Waals surface area contributed by atoms with Gasteiger partial charge in [-0.05, 0) is 12.1 Å². The van der Waals surface area contributed by atoms with E-state index in [1.807, 2.05) is 0 Å². The molecular weight excluding hydrogens is 180 g/mol. The van der Waals surface area contributed by atoms with Crippen LogP contribution in [0.15, 0.2) is 29.2 Å². The van der Waals surface area contributed by atoms with Crippen LogP contribution in [0.3, 0.4) is 0 Å². The second-order valence-electron chi connectivity index (χ2n) is 1.90. The van der Waals surface area contributed by atoms with Crippen molar-refractivity contribution in [2.75, 3.05) is 0 Å². The molecule has 4 heteroatoms. The highest BCUT2D eigenvalue weighted by atomic mass is 32.1. The number of rotatable bonds is 1. The molecule has 0 fully saturated rings. The van der Waals surface area contributed by atoms with Crippen LogP contribution >= 0.6 is 25.5 Å². The minimum absolute atomic E-state index is 0.422. The molecule has 1 aromatic carbocycles. The Morgan fingerprint density at radius 3 is 2.55 bits per heavy atom. The number of hydrogen-bond donors (Lipinski definition) is 2. The zero-order valence-electron chi connectivity index (χ0n) is 5.52. The van der Waals surface area contributed by atoms with Crippen molar-refractivity contribution in [3.8, 4) is 0 Å². The summed E-state index contributed by atoms with van der Waals surface area (Å²) in [7, 11) is 0. The molecule has 2 nitrogen and oxygen atoms in total. The summed E-state index contributed by atoms with van der Waals surface area (Å²) in [5.41, 5.74) is 0.422. The second kappa shape index (κ2) is 3.69. The Labute approximate surface area is 75.6 Å². The predicted octanol–water partition coefficient (Wildman–Crippen LogP) is 1.98. The normalized spacial score (nSPS) is 9.27. The zero-order chi connectivity index (χ0) is 8.27. The molecule has 0 saturated carbocycles. The first kappa shape index (κ1) is 8.49. The van der Waals surface area contributed by atoms with Gasteiger partial charge in [0.1, 0.15) is 0 Å². The number of thiol groups is 2. The van der Waals surface area contributed by atoms with Gasteiger partial charge in [-0.15, -0.1) is 12.6 Å². The van der Waals surface area contributed by atoms with Gasteiger partial charge in [-0.2, -0.15) is 0 Å². The van der Waals surface area contributed by atoms with Gasteiger partial charge in [0.15, 0.2) is 0 Å². The maximum absolute atomic E-state index is 10.9. The van der Waals surface area contributed by atoms with Gasteiger partial charge in [0.05, 0.1) is 5.56 Å². The average Bonchev–Trinajstić information content (AvgIpc) is 2.04. The van der Waals surface area contributed by atoms with Crippen molar-refractivity contribution in [1.29, 1.82) is 0 Å². The average molecular weight is 186 g/mol. The standard InChI is InChI=1S/C7H6O2S2/c8-7(9-11)5-3-1-2-4-6(5)10/h1-4,10-11H. The van der Waals surface area contributed by atoms with Gasteiger partial charge in [-0.1, -0.05) is 12.1 Å². The fraction of sp³-hybridized carbons (Fsp3) is 0. The van der Waals surface area contributed by atoms with Crippen LogP contribution < -0.4 is 0 Å². The monoisotopic (exact) mass is 186 g/mol. The Kier molecular flexibility index (Phi) is 2.84. The lowest BCUT2D eigenvalue weighted by atomic mass is 10.2. The summed E-state index contributed by atoms with van der Waals surface area (Å²) in [5, 5.41) is 0. The van der Waals surface area contributed by atoms with Crippen molar-refractivity contribution in [3.63, 3.8) is 0 Å². The summed E-state index contributed by atoms with van der Waals surface area (Å²) in [6, 6.07) is 6.86. The Morgan fingerprint density at radius 1 is 1.36 bits per heavy atom. The van der Waals surface area contributed by atoms with E-state index >= 15 is 0 Å². The van der Waals surface area contributed by atoms with Crippen molar-refractivity contribution in [3.05, 3.63) is 29.8 Å². The van der Waals surface area contributed by atoms with E-state index in [0.29, 0.717) is 10.5 Å². The van der Waals surface area contributed by atoms with Crippen LogP contribution in [0.5, 0.6) is 0 Å². The van der Waals surface area contributed by atoms with Crippen LogP contribution in [0.2, 0.25) is 0 Å². The Hall–Kier alpha value is -0.610. The van der Waals surface area contributed by atoms with Crippen LogP contribution in [0.4, 0.5) is 0 Å². The SMILES string of the molecule is O=C(OS)c1ccccc1S. The predicted molar refractivity (Wildman–Crippen MR) is 48.1 cm³/mol. The van der Waals surface area contributed by atoms with Crippen molar-refractivity contribution < 1.29 is 8.98 Å². The van der Waals surface area contributed by atoms with Crippen LogP contribution in [0.25, 0.3) is 0 Å². The molecule has 0 aliphatic rings. The number of hydrogen-bond acceptors (Lipinski definition) is 4. The third-order valence-electron chi connectivity index (χ3n) is 1.21. The van der Waals surface area contributed by atoms with E-state index in [9.17, 15) is 4.79 Å². The lowest BCUT2D eigenvalue weighted by Gasteiger charge is -1.99. The molecule has 0 aliphatic carbocycles. The summed E-state index contributed by atoms with van der Waals surface area (Å²) in [4.78, 5) is 11.5. The molecule has 11 heavy (non-hydrogen) atoms. The first-order chi connectivity index (χ1) is 5.25. The first-order valence-corrected chi connectivity index (χ1v) is 3.70. The molecule has 0 atom stereocenters. The summed E-state index contributed by atoms with van der Waals surface area (Å²) >= 11 is 7.45. The number of carbonyl (C=O) groups is 1. The molecule has 0 aromatic heterocycles. The fourth-order valence-electron chi connectivity index (χ4n) is 0.695. The van der Waals surface area contributed by atoms with Gasteiger partial charge < -0.3 is 4.18 Å². The van der Waals surface area contributed by atoms with Crippen LogP contribution in [0.1, 0.15) is 10.4 Å². The summed E-state index contributed by atoms with van der Waals surface area (Å²) < 4.78 is 4.22. The molecule has 0 bridgehead atoms. The maximum atomic E-state index is 10.9. The smallest absolute Gasteiger partial charge is 0.351 e. The Morgan fingerprint density at radius 2 is 2.00 bits per heavy atom. The molecule has 0 spiro atoms. The van der Waals surface area contributed by atoms with Gasteiger partial charge >= 0.3 is 5.97 Å². The summed E-state index contributed by atoms with van der Waals surface area (Å²) in [6.45, 7) is 0. The molecule has 0 radical (unpaired) electrons. The molecule has 0 aliphatic heterocycles. The molecule has 0 saturated heterocycles. The van der Waals surface area contributed by atoms with E-state index in [1.54, 1.807) is 24.3 Å². The van der Waals surface area contributed by atoms with Crippen LogP contribution in [0, 0.1) is 0 Å². The summed E-state index contributed by atoms with van der Waals surface area (Å²) in [6.07, 6.45) is 0. The first-order valence-electron chi connectivity index (χ1n) is 2.89. The molecule has 0 unspecified atom stereocenters. The molecule has 58 valence electrons. The Balaban J connectivity index is 3.03. The lowest BCUT2D eigenvalue weighted by Crippen LogP contribution is -1.98. The van der Waals surface area contributed by atoms with Gasteiger partial charge in [0.25, 0.3) is 0 Å². The number of benzene rings is 1. The van der Waals surface area contributed by atoms with E-state index in [-0.39, 0.29) is 0 Å². The van der Waals surface area contributed by atoms with Crippen molar-refractivity contribution >= 4 is 31.5 Å². The van der Waals surface area contributed by atoms with Crippen LogP contribution in [-0.4, -0.2) is 5.97 Å². The molecular formula is C7H6O2S2. The third-order valence-corrected chi connectivity index (χ3v) is 1.76. The molecule has 1 aromatic rings. The lowest BCUT2D eigenvalue weighted by molar-refractivity contribution is 0.0769. The molecule has 1 rings (SSSR count). The summed E-state index contributed by atoms with van der Waals surface area (Å²) in [5.74, 6) is -0.487. The third kappa shape index (κ3) is 1.91. The van der Waals surface area contributed by atoms with E-state index < -0.39 is 5.97 Å². The maximum Gasteiger partial charge on any atom is 0.351 e.